The summed E-state index contributed by atoms with van der Waals surface area (Å²) in [4.78, 5) is 11.1. The lowest BCUT2D eigenvalue weighted by atomic mass is 10.1. The maximum Gasteiger partial charge on any atom is 0.212 e. The predicted octanol–water partition coefficient (Wildman–Crippen LogP) is 2.52. The molecule has 0 bridgehead atoms. The van der Waals surface area contributed by atoms with E-state index in [1.165, 1.54) is 14.2 Å². The Morgan fingerprint density at radius 3 is 2.40 bits per heavy atom. The van der Waals surface area contributed by atoms with Crippen LogP contribution >= 0.6 is 0 Å². The Morgan fingerprint density at radius 1 is 1.20 bits per heavy atom. The van der Waals surface area contributed by atoms with Gasteiger partial charge in [-0.3, -0.25) is 0 Å². The zero-order valence-electron chi connectivity index (χ0n) is 16.1. The summed E-state index contributed by atoms with van der Waals surface area (Å²) in [5.41, 5.74) is 0. The van der Waals surface area contributed by atoms with Gasteiger partial charge in [0.25, 0.3) is 0 Å². The fraction of sp³-hybridized carbons (Fsp3) is 0.778. The van der Waals surface area contributed by atoms with Gasteiger partial charge in [0.2, 0.25) is 5.76 Å². The Morgan fingerprint density at radius 2 is 1.92 bits per heavy atom. The average molecular weight is 371 g/mol. The van der Waals surface area contributed by atoms with E-state index in [1.807, 2.05) is 26.6 Å². The van der Waals surface area contributed by atoms with Crippen molar-refractivity contribution in [2.24, 2.45) is 0 Å². The van der Waals surface area contributed by atoms with Gasteiger partial charge in [0.05, 0.1) is 7.11 Å². The lowest BCUT2D eigenvalue weighted by Crippen LogP contribution is -2.40. The van der Waals surface area contributed by atoms with Gasteiger partial charge in [-0.2, -0.15) is 0 Å². The SMILES string of the molecule is COC(=C=O)C(OC)C(C#CC(C)OC1CCCCO1)O[Si](C)(C)C. The van der Waals surface area contributed by atoms with Crippen molar-refractivity contribution < 1.29 is 28.2 Å². The molecular formula is C18H30O6Si. The van der Waals surface area contributed by atoms with Gasteiger partial charge >= 0.3 is 0 Å². The molecule has 0 aromatic carbocycles. The first-order chi connectivity index (χ1) is 11.8. The number of hydrogen-bond acceptors (Lipinski definition) is 6. The molecule has 1 fully saturated rings. The van der Waals surface area contributed by atoms with Gasteiger partial charge in [0.1, 0.15) is 12.2 Å². The third-order valence-electron chi connectivity index (χ3n) is 3.51. The second kappa shape index (κ2) is 10.8. The number of methoxy groups -OCH3 is 2. The molecular weight excluding hydrogens is 340 g/mol. The molecule has 0 aromatic rings. The first-order valence-electron chi connectivity index (χ1n) is 8.58. The van der Waals surface area contributed by atoms with Crippen LogP contribution in [0.1, 0.15) is 26.2 Å². The minimum absolute atomic E-state index is 0.0317. The summed E-state index contributed by atoms with van der Waals surface area (Å²) in [7, 11) is 0.954. The molecule has 1 aliphatic heterocycles. The maximum absolute atomic E-state index is 11.1. The van der Waals surface area contributed by atoms with Gasteiger partial charge in [-0.25, -0.2) is 4.79 Å². The molecule has 1 saturated heterocycles. The van der Waals surface area contributed by atoms with Crippen molar-refractivity contribution >= 4 is 14.3 Å². The minimum Gasteiger partial charge on any atom is -0.488 e. The first-order valence-corrected chi connectivity index (χ1v) is 12.0. The van der Waals surface area contributed by atoms with Crippen molar-refractivity contribution in [2.45, 2.75) is 70.4 Å². The molecule has 0 amide bonds. The molecule has 1 heterocycles. The van der Waals surface area contributed by atoms with Gasteiger partial charge in [-0.1, -0.05) is 11.8 Å². The van der Waals surface area contributed by atoms with E-state index in [0.29, 0.717) is 0 Å². The number of carbonyl (C=O) groups excluding carboxylic acids is 1. The minimum atomic E-state index is -1.93. The lowest BCUT2D eigenvalue weighted by molar-refractivity contribution is -0.173. The maximum atomic E-state index is 11.1. The van der Waals surface area contributed by atoms with E-state index in [1.54, 1.807) is 5.94 Å². The molecule has 0 aliphatic carbocycles. The normalized spacial score (nSPS) is 21.3. The summed E-state index contributed by atoms with van der Waals surface area (Å²) in [5, 5.41) is 0. The molecule has 4 atom stereocenters. The van der Waals surface area contributed by atoms with Gasteiger partial charge in [0, 0.05) is 13.7 Å². The third kappa shape index (κ3) is 8.19. The molecule has 7 heteroatoms. The van der Waals surface area contributed by atoms with E-state index in [9.17, 15) is 4.79 Å². The number of hydrogen-bond donors (Lipinski definition) is 0. The molecule has 4 unspecified atom stereocenters. The molecule has 0 radical (unpaired) electrons. The predicted molar refractivity (Wildman–Crippen MR) is 97.1 cm³/mol. The van der Waals surface area contributed by atoms with Gasteiger partial charge in [0.15, 0.2) is 26.7 Å². The summed E-state index contributed by atoms with van der Waals surface area (Å²) in [6.45, 7) is 8.72. The van der Waals surface area contributed by atoms with Crippen LogP contribution in [-0.4, -0.2) is 59.7 Å². The van der Waals surface area contributed by atoms with Gasteiger partial charge in [-0.05, 0) is 45.8 Å². The Kier molecular flexibility index (Phi) is 9.44. The van der Waals surface area contributed by atoms with E-state index >= 15 is 0 Å². The molecule has 0 aromatic heterocycles. The molecule has 6 nitrogen and oxygen atoms in total. The van der Waals surface area contributed by atoms with Crippen LogP contribution in [0.4, 0.5) is 0 Å². The first kappa shape index (κ1) is 21.9. The summed E-state index contributed by atoms with van der Waals surface area (Å²) in [5.74, 6) is 7.87. The summed E-state index contributed by atoms with van der Waals surface area (Å²) in [6, 6.07) is 0. The van der Waals surface area contributed by atoms with Crippen LogP contribution in [0.3, 0.4) is 0 Å². The Balaban J connectivity index is 2.87. The van der Waals surface area contributed by atoms with Crippen molar-refractivity contribution in [1.82, 2.24) is 0 Å². The van der Waals surface area contributed by atoms with Gasteiger partial charge in [-0.15, -0.1) is 0 Å². The number of rotatable bonds is 8. The second-order valence-electron chi connectivity index (χ2n) is 6.84. The fourth-order valence-electron chi connectivity index (χ4n) is 2.41. The van der Waals surface area contributed by atoms with Crippen molar-refractivity contribution in [3.05, 3.63) is 5.76 Å². The van der Waals surface area contributed by atoms with Crippen molar-refractivity contribution in [3.8, 4) is 11.8 Å². The van der Waals surface area contributed by atoms with E-state index in [4.69, 9.17) is 23.4 Å². The van der Waals surface area contributed by atoms with Crippen LogP contribution in [-0.2, 0) is 28.2 Å². The quantitative estimate of drug-likeness (QED) is 0.283. The van der Waals surface area contributed by atoms with Crippen molar-refractivity contribution in [3.63, 3.8) is 0 Å². The zero-order valence-corrected chi connectivity index (χ0v) is 17.1. The van der Waals surface area contributed by atoms with E-state index in [-0.39, 0.29) is 18.2 Å². The van der Waals surface area contributed by atoms with Crippen LogP contribution in [0.5, 0.6) is 0 Å². The van der Waals surface area contributed by atoms with E-state index in [0.717, 1.165) is 25.9 Å². The molecule has 1 rings (SSSR count). The highest BCUT2D eigenvalue weighted by Gasteiger charge is 2.31. The Hall–Kier alpha value is -1.13. The molecule has 1 aliphatic rings. The van der Waals surface area contributed by atoms with Crippen LogP contribution in [0.25, 0.3) is 0 Å². The van der Waals surface area contributed by atoms with Crippen molar-refractivity contribution in [2.75, 3.05) is 20.8 Å². The van der Waals surface area contributed by atoms with Crippen LogP contribution in [0, 0.1) is 11.8 Å². The van der Waals surface area contributed by atoms with Gasteiger partial charge < -0.3 is 23.4 Å². The monoisotopic (exact) mass is 370 g/mol. The lowest BCUT2D eigenvalue weighted by Gasteiger charge is -2.28. The summed E-state index contributed by atoms with van der Waals surface area (Å²) in [6.07, 6.45) is 1.14. The molecule has 0 saturated carbocycles. The molecule has 142 valence electrons. The average Bonchev–Trinajstić information content (AvgIpc) is 2.56. The Bertz CT molecular complexity index is 506. The highest BCUT2D eigenvalue weighted by atomic mass is 28.4. The van der Waals surface area contributed by atoms with Crippen molar-refractivity contribution in [1.29, 1.82) is 0 Å². The topological polar surface area (TPSA) is 63.2 Å². The smallest absolute Gasteiger partial charge is 0.212 e. The fourth-order valence-corrected chi connectivity index (χ4v) is 3.36. The molecule has 25 heavy (non-hydrogen) atoms. The van der Waals surface area contributed by atoms with Crippen LogP contribution in [0.15, 0.2) is 5.76 Å². The Labute approximate surface area is 151 Å². The highest BCUT2D eigenvalue weighted by molar-refractivity contribution is 6.69. The van der Waals surface area contributed by atoms with Crippen LogP contribution < -0.4 is 0 Å². The largest absolute Gasteiger partial charge is 0.488 e. The summed E-state index contributed by atoms with van der Waals surface area (Å²) < 4.78 is 27.9. The van der Waals surface area contributed by atoms with Crippen LogP contribution in [0.2, 0.25) is 19.6 Å². The third-order valence-corrected chi connectivity index (χ3v) is 4.47. The summed E-state index contributed by atoms with van der Waals surface area (Å²) >= 11 is 0. The van der Waals surface area contributed by atoms with E-state index in [2.05, 4.69) is 11.8 Å². The molecule has 0 N–H and O–H groups in total. The second-order valence-corrected chi connectivity index (χ2v) is 11.3. The number of ether oxygens (including phenoxy) is 4. The van der Waals surface area contributed by atoms with E-state index < -0.39 is 20.5 Å². The standard InChI is InChI=1S/C18H30O6Si/c1-14(23-17-9-7-8-12-22-17)10-11-15(24-25(4,5)6)18(21-3)16(13-19)20-2/h14-15,17-18H,7-9,12H2,1-6H3. The highest BCUT2D eigenvalue weighted by Crippen LogP contribution is 2.18. The zero-order chi connectivity index (χ0) is 18.9. The molecule has 0 spiro atoms.